The average Bonchev–Trinajstić information content (AvgIpc) is 3.12. The van der Waals surface area contributed by atoms with Crippen molar-refractivity contribution in [3.8, 4) is 5.75 Å². The van der Waals surface area contributed by atoms with E-state index in [4.69, 9.17) is 18.9 Å². The van der Waals surface area contributed by atoms with Crippen LogP contribution in [0.25, 0.3) is 0 Å². The fourth-order valence-corrected chi connectivity index (χ4v) is 5.92. The van der Waals surface area contributed by atoms with Crippen LogP contribution < -0.4 is 4.74 Å². The summed E-state index contributed by atoms with van der Waals surface area (Å²) in [6.45, 7) is 7.33. The Kier molecular flexibility index (Phi) is 12.8. The van der Waals surface area contributed by atoms with Crippen molar-refractivity contribution in [1.29, 1.82) is 0 Å². The fourth-order valence-electron chi connectivity index (χ4n) is 5.92. The Balaban J connectivity index is 1.26. The predicted octanol–water partition coefficient (Wildman–Crippen LogP) is 8.05. The molecule has 7 heteroatoms. The first kappa shape index (κ1) is 34.2. The summed E-state index contributed by atoms with van der Waals surface area (Å²) in [5.41, 5.74) is 6.84. The van der Waals surface area contributed by atoms with Crippen LogP contribution in [0.5, 0.6) is 5.75 Å². The van der Waals surface area contributed by atoms with E-state index in [1.807, 2.05) is 30.3 Å². The Hall–Kier alpha value is -4.17. The summed E-state index contributed by atoms with van der Waals surface area (Å²) in [7, 11) is 0. The summed E-state index contributed by atoms with van der Waals surface area (Å²) in [6, 6.07) is 35.0. The number of amides is 1. The molecule has 1 fully saturated rings. The highest BCUT2D eigenvalue weighted by molar-refractivity contribution is 5.65. The molecule has 1 N–H and O–H groups in total. The van der Waals surface area contributed by atoms with E-state index < -0.39 is 18.3 Å². The van der Waals surface area contributed by atoms with Crippen molar-refractivity contribution in [2.24, 2.45) is 0 Å². The first-order chi connectivity index (χ1) is 23.0. The highest BCUT2D eigenvalue weighted by Crippen LogP contribution is 2.35. The van der Waals surface area contributed by atoms with Crippen LogP contribution >= 0.6 is 0 Å². The molecule has 47 heavy (non-hydrogen) atoms. The topological polar surface area (TPSA) is 77.5 Å². The van der Waals surface area contributed by atoms with Gasteiger partial charge in [0.15, 0.2) is 0 Å². The molecule has 0 saturated carbocycles. The Morgan fingerprint density at radius 2 is 1.17 bits per heavy atom. The van der Waals surface area contributed by atoms with E-state index in [-0.39, 0.29) is 19.0 Å². The number of rotatable bonds is 16. The summed E-state index contributed by atoms with van der Waals surface area (Å²) in [5.74, 6) is 0.609. The number of nitrogens with zero attached hydrogens (tertiary/aromatic N) is 1. The molecule has 248 valence electrons. The highest BCUT2D eigenvalue weighted by Gasteiger charge is 2.41. The molecule has 1 aliphatic heterocycles. The van der Waals surface area contributed by atoms with Crippen molar-refractivity contribution in [3.05, 3.63) is 137 Å². The third kappa shape index (κ3) is 10.2. The number of ether oxygens (including phenoxy) is 4. The van der Waals surface area contributed by atoms with Gasteiger partial charge < -0.3 is 29.0 Å². The summed E-state index contributed by atoms with van der Waals surface area (Å²) >= 11 is 0. The van der Waals surface area contributed by atoms with E-state index in [9.17, 15) is 9.90 Å². The highest BCUT2D eigenvalue weighted by atomic mass is 16.5. The molecule has 1 heterocycles. The van der Waals surface area contributed by atoms with Crippen LogP contribution in [-0.2, 0) is 46.9 Å². The van der Waals surface area contributed by atoms with E-state index in [0.717, 1.165) is 47.3 Å². The average molecular weight is 638 g/mol. The lowest BCUT2D eigenvalue weighted by atomic mass is 9.84. The summed E-state index contributed by atoms with van der Waals surface area (Å²) < 4.78 is 24.9. The van der Waals surface area contributed by atoms with Crippen molar-refractivity contribution in [2.45, 2.75) is 71.1 Å². The molecule has 7 nitrogen and oxygen atoms in total. The van der Waals surface area contributed by atoms with Crippen LogP contribution in [0, 0.1) is 0 Å². The number of hydrogen-bond donors (Lipinski definition) is 1. The molecule has 0 bridgehead atoms. The molecule has 0 spiro atoms. The van der Waals surface area contributed by atoms with Crippen molar-refractivity contribution < 1.29 is 28.8 Å². The molecule has 1 amide bonds. The Bertz CT molecular complexity index is 1430. The lowest BCUT2D eigenvalue weighted by Crippen LogP contribution is -2.54. The van der Waals surface area contributed by atoms with Gasteiger partial charge in [0.1, 0.15) is 5.75 Å². The molecule has 5 rings (SSSR count). The van der Waals surface area contributed by atoms with Gasteiger partial charge in [0.05, 0.1) is 58.3 Å². The molecule has 1 saturated heterocycles. The number of hydrogen-bond acceptors (Lipinski definition) is 5. The van der Waals surface area contributed by atoms with Gasteiger partial charge in [-0.05, 0) is 58.4 Å². The normalized spacial score (nSPS) is 17.8. The van der Waals surface area contributed by atoms with Crippen LogP contribution in [0.4, 0.5) is 4.79 Å². The van der Waals surface area contributed by atoms with Crippen molar-refractivity contribution in [2.75, 3.05) is 26.3 Å². The predicted molar refractivity (Wildman–Crippen MR) is 184 cm³/mol. The Morgan fingerprint density at radius 1 is 0.660 bits per heavy atom. The number of benzene rings is 4. The van der Waals surface area contributed by atoms with Gasteiger partial charge in [-0.15, -0.1) is 0 Å². The standard InChI is InChI=1S/C40H47NO6/c1-3-30-11-15-33(16-12-30)28-46-37-25-41(40(42)43)26-38(47-29-34-17-13-31(4-2)14-18-34)39(37)35-19-21-36(22-20-35)45-24-8-23-44-27-32-9-6-5-7-10-32/h5-7,9-22,37-39H,3-4,8,23-29H2,1-2H3,(H,42,43)/t37-,38+,39?. The largest absolute Gasteiger partial charge is 0.494 e. The molecule has 4 aromatic rings. The molecule has 0 aliphatic carbocycles. The second kappa shape index (κ2) is 17.7. The van der Waals surface area contributed by atoms with Gasteiger partial charge in [-0.1, -0.05) is 105 Å². The fraction of sp³-hybridized carbons (Fsp3) is 0.375. The molecule has 3 atom stereocenters. The second-order valence-electron chi connectivity index (χ2n) is 12.1. The van der Waals surface area contributed by atoms with Crippen molar-refractivity contribution >= 4 is 6.09 Å². The minimum atomic E-state index is -0.971. The van der Waals surface area contributed by atoms with Crippen LogP contribution in [0.3, 0.4) is 0 Å². The van der Waals surface area contributed by atoms with Gasteiger partial charge in [0.2, 0.25) is 0 Å². The van der Waals surface area contributed by atoms with Crippen LogP contribution in [-0.4, -0.2) is 54.6 Å². The minimum Gasteiger partial charge on any atom is -0.494 e. The number of carboxylic acid groups (broad SMARTS) is 1. The van der Waals surface area contributed by atoms with Crippen molar-refractivity contribution in [3.63, 3.8) is 0 Å². The van der Waals surface area contributed by atoms with E-state index in [0.29, 0.717) is 33.0 Å². The summed E-state index contributed by atoms with van der Waals surface area (Å²) in [6.07, 6.45) is 0.968. The number of piperidine rings is 1. The zero-order valence-electron chi connectivity index (χ0n) is 27.6. The first-order valence-electron chi connectivity index (χ1n) is 16.7. The molecule has 4 aromatic carbocycles. The molecular formula is C40H47NO6. The maximum atomic E-state index is 12.3. The second-order valence-corrected chi connectivity index (χ2v) is 12.1. The zero-order valence-corrected chi connectivity index (χ0v) is 27.6. The molecule has 1 aliphatic rings. The van der Waals surface area contributed by atoms with Gasteiger partial charge in [-0.3, -0.25) is 0 Å². The quantitative estimate of drug-likeness (QED) is 0.125. The van der Waals surface area contributed by atoms with E-state index >= 15 is 0 Å². The third-order valence-electron chi connectivity index (χ3n) is 8.74. The van der Waals surface area contributed by atoms with E-state index in [2.05, 4.69) is 86.6 Å². The van der Waals surface area contributed by atoms with Gasteiger partial charge in [0.25, 0.3) is 0 Å². The summed E-state index contributed by atoms with van der Waals surface area (Å²) in [5, 5.41) is 10.0. The Morgan fingerprint density at radius 3 is 1.68 bits per heavy atom. The van der Waals surface area contributed by atoms with Gasteiger partial charge in [-0.2, -0.15) is 0 Å². The molecular weight excluding hydrogens is 590 g/mol. The number of likely N-dealkylation sites (tertiary alicyclic amines) is 1. The lowest BCUT2D eigenvalue weighted by molar-refractivity contribution is -0.0937. The molecule has 0 radical (unpaired) electrons. The molecule has 0 aromatic heterocycles. The SMILES string of the molecule is CCc1ccc(CO[C@H]2CN(C(=O)O)C[C@@H](OCc3ccc(CC)cc3)C2c2ccc(OCCCOCc3ccccc3)cc2)cc1. The van der Waals surface area contributed by atoms with Gasteiger partial charge in [0, 0.05) is 12.3 Å². The third-order valence-corrected chi connectivity index (χ3v) is 8.74. The minimum absolute atomic E-state index is 0.170. The maximum absolute atomic E-state index is 12.3. The van der Waals surface area contributed by atoms with Gasteiger partial charge in [-0.25, -0.2) is 4.79 Å². The smallest absolute Gasteiger partial charge is 0.407 e. The zero-order chi connectivity index (χ0) is 32.8. The van der Waals surface area contributed by atoms with Gasteiger partial charge >= 0.3 is 6.09 Å². The Labute approximate surface area is 279 Å². The lowest BCUT2D eigenvalue weighted by Gasteiger charge is -2.42. The van der Waals surface area contributed by atoms with Crippen LogP contribution in [0.15, 0.2) is 103 Å². The van der Waals surface area contributed by atoms with Crippen LogP contribution in [0.2, 0.25) is 0 Å². The number of aryl methyl sites for hydroxylation is 2. The van der Waals surface area contributed by atoms with E-state index in [1.165, 1.54) is 16.0 Å². The first-order valence-corrected chi connectivity index (χ1v) is 16.7. The van der Waals surface area contributed by atoms with Crippen molar-refractivity contribution in [1.82, 2.24) is 4.90 Å². The summed E-state index contributed by atoms with van der Waals surface area (Å²) in [4.78, 5) is 13.7. The van der Waals surface area contributed by atoms with E-state index in [1.54, 1.807) is 0 Å². The maximum Gasteiger partial charge on any atom is 0.407 e. The van der Waals surface area contributed by atoms with Crippen LogP contribution in [0.1, 0.15) is 59.6 Å². The number of carbonyl (C=O) groups is 1. The molecule has 1 unspecified atom stereocenters. The monoisotopic (exact) mass is 637 g/mol.